The first-order valence-corrected chi connectivity index (χ1v) is 8.53. The summed E-state index contributed by atoms with van der Waals surface area (Å²) in [7, 11) is 1.35. The Morgan fingerprint density at radius 1 is 1.07 bits per heavy atom. The topological polar surface area (TPSA) is 86.1 Å². The Bertz CT molecular complexity index is 894. The Labute approximate surface area is 157 Å². The van der Waals surface area contributed by atoms with Gasteiger partial charge in [-0.05, 0) is 17.7 Å². The van der Waals surface area contributed by atoms with Crippen molar-refractivity contribution in [2.45, 2.75) is 19.0 Å². The summed E-state index contributed by atoms with van der Waals surface area (Å²) in [6.45, 7) is 0.215. The summed E-state index contributed by atoms with van der Waals surface area (Å²) >= 11 is 0. The largest absolute Gasteiger partial charge is 0.467 e. The maximum atomic E-state index is 12.2. The quantitative estimate of drug-likeness (QED) is 0.649. The molecular formula is C20H20N4O3. The highest BCUT2D eigenvalue weighted by Gasteiger charge is 2.23. The average molecular weight is 364 g/mol. The second-order valence-corrected chi connectivity index (χ2v) is 5.97. The fourth-order valence-corrected chi connectivity index (χ4v) is 2.67. The van der Waals surface area contributed by atoms with E-state index in [1.165, 1.54) is 11.8 Å². The number of rotatable bonds is 7. The van der Waals surface area contributed by atoms with Crippen LogP contribution in [0.15, 0.2) is 66.9 Å². The number of carbonyl (C=O) groups is 2. The second-order valence-electron chi connectivity index (χ2n) is 5.97. The van der Waals surface area contributed by atoms with Gasteiger partial charge in [-0.2, -0.15) is 0 Å². The normalized spacial score (nSPS) is 11.6. The molecule has 7 nitrogen and oxygen atoms in total. The smallest absolute Gasteiger partial charge is 0.331 e. The number of aromatic nitrogens is 3. The monoisotopic (exact) mass is 364 g/mol. The first-order valence-electron chi connectivity index (χ1n) is 8.53. The van der Waals surface area contributed by atoms with Gasteiger partial charge in [-0.15, -0.1) is 5.10 Å². The molecule has 2 aromatic carbocycles. The minimum Gasteiger partial charge on any atom is -0.467 e. The van der Waals surface area contributed by atoms with Crippen LogP contribution in [0.2, 0.25) is 0 Å². The number of methoxy groups -OCH3 is 1. The maximum Gasteiger partial charge on any atom is 0.331 e. The summed E-state index contributed by atoms with van der Waals surface area (Å²) in [5.74, 6) is -0.595. The van der Waals surface area contributed by atoms with Gasteiger partial charge in [-0.25, -0.2) is 9.48 Å². The molecule has 0 unspecified atom stereocenters. The van der Waals surface area contributed by atoms with Crippen LogP contribution in [-0.4, -0.2) is 34.0 Å². The Hall–Kier alpha value is -3.48. The van der Waals surface area contributed by atoms with Crippen molar-refractivity contribution in [2.75, 3.05) is 7.11 Å². The molecule has 1 heterocycles. The highest BCUT2D eigenvalue weighted by atomic mass is 16.5. The summed E-state index contributed by atoms with van der Waals surface area (Å²) < 4.78 is 6.38. The molecule has 0 saturated carbocycles. The van der Waals surface area contributed by atoms with Crippen LogP contribution < -0.4 is 5.32 Å². The molecule has 138 valence electrons. The number of ether oxygens (including phenoxy) is 1. The number of benzene rings is 2. The fraction of sp³-hybridized carbons (Fsp3) is 0.200. The molecule has 27 heavy (non-hydrogen) atoms. The number of nitrogens with one attached hydrogen (secondary N) is 1. The highest BCUT2D eigenvalue weighted by molar-refractivity contribution is 5.94. The summed E-state index contributed by atoms with van der Waals surface area (Å²) in [4.78, 5) is 24.3. The highest BCUT2D eigenvalue weighted by Crippen LogP contribution is 2.15. The van der Waals surface area contributed by atoms with E-state index >= 15 is 0 Å². The molecular weight excluding hydrogens is 344 g/mol. The molecule has 0 aliphatic carbocycles. The van der Waals surface area contributed by atoms with E-state index in [9.17, 15) is 9.59 Å². The summed E-state index contributed by atoms with van der Waals surface area (Å²) in [6, 6.07) is 17.9. The molecule has 0 aliphatic heterocycles. The van der Waals surface area contributed by atoms with E-state index in [4.69, 9.17) is 4.74 Å². The van der Waals surface area contributed by atoms with Crippen molar-refractivity contribution in [1.29, 1.82) is 0 Å². The van der Waals surface area contributed by atoms with E-state index in [0.29, 0.717) is 17.7 Å². The lowest BCUT2D eigenvalue weighted by Crippen LogP contribution is -2.24. The number of amides is 1. The van der Waals surface area contributed by atoms with Gasteiger partial charge in [0.2, 0.25) is 0 Å². The average Bonchev–Trinajstić information content (AvgIpc) is 3.19. The van der Waals surface area contributed by atoms with Gasteiger partial charge in [0.1, 0.15) is 5.69 Å². The van der Waals surface area contributed by atoms with Crippen LogP contribution in [-0.2, 0) is 22.5 Å². The third kappa shape index (κ3) is 4.78. The molecule has 3 rings (SSSR count). The lowest BCUT2D eigenvalue weighted by molar-refractivity contribution is -0.144. The fourth-order valence-electron chi connectivity index (χ4n) is 2.67. The molecule has 1 atom stereocenters. The zero-order valence-corrected chi connectivity index (χ0v) is 14.9. The van der Waals surface area contributed by atoms with E-state index in [0.717, 1.165) is 5.56 Å². The van der Waals surface area contributed by atoms with Crippen molar-refractivity contribution < 1.29 is 14.3 Å². The van der Waals surface area contributed by atoms with Crippen LogP contribution in [0.5, 0.6) is 0 Å². The van der Waals surface area contributed by atoms with Crippen molar-refractivity contribution in [3.05, 3.63) is 83.7 Å². The molecule has 0 aliphatic rings. The molecule has 1 N–H and O–H groups in total. The number of esters is 1. The van der Waals surface area contributed by atoms with Crippen LogP contribution in [0.4, 0.5) is 0 Å². The number of hydrogen-bond acceptors (Lipinski definition) is 5. The number of carbonyl (C=O) groups excluding carboxylic acids is 2. The van der Waals surface area contributed by atoms with E-state index in [2.05, 4.69) is 15.6 Å². The second kappa shape index (κ2) is 8.75. The SMILES string of the molecule is COC(=O)[C@H](Cc1ccccc1)n1cc(CNC(=O)c2ccccc2)nn1. The Morgan fingerprint density at radius 2 is 1.74 bits per heavy atom. The molecule has 0 spiro atoms. The third-order valence-electron chi connectivity index (χ3n) is 4.09. The van der Waals surface area contributed by atoms with Gasteiger partial charge in [0.25, 0.3) is 5.91 Å². The first kappa shape index (κ1) is 18.3. The Balaban J connectivity index is 1.68. The van der Waals surface area contributed by atoms with Gasteiger partial charge >= 0.3 is 5.97 Å². The summed E-state index contributed by atoms with van der Waals surface area (Å²) in [5.41, 5.74) is 2.12. The molecule has 1 amide bonds. The van der Waals surface area contributed by atoms with Crippen LogP contribution in [0.3, 0.4) is 0 Å². The van der Waals surface area contributed by atoms with E-state index in [1.54, 1.807) is 30.5 Å². The molecule has 0 fully saturated rings. The van der Waals surface area contributed by atoms with Gasteiger partial charge in [-0.3, -0.25) is 4.79 Å². The van der Waals surface area contributed by atoms with Crippen LogP contribution >= 0.6 is 0 Å². The minimum atomic E-state index is -0.622. The van der Waals surface area contributed by atoms with Crippen molar-refractivity contribution in [1.82, 2.24) is 20.3 Å². The molecule has 0 radical (unpaired) electrons. The lowest BCUT2D eigenvalue weighted by Gasteiger charge is -2.14. The van der Waals surface area contributed by atoms with Crippen molar-refractivity contribution in [3.8, 4) is 0 Å². The van der Waals surface area contributed by atoms with Gasteiger partial charge < -0.3 is 10.1 Å². The van der Waals surface area contributed by atoms with Crippen LogP contribution in [0.25, 0.3) is 0 Å². The van der Waals surface area contributed by atoms with Crippen molar-refractivity contribution in [2.24, 2.45) is 0 Å². The lowest BCUT2D eigenvalue weighted by atomic mass is 10.1. The first-order chi connectivity index (χ1) is 13.2. The molecule has 1 aromatic heterocycles. The van der Waals surface area contributed by atoms with E-state index in [-0.39, 0.29) is 12.5 Å². The standard InChI is InChI=1S/C20H20N4O3/c1-27-20(26)18(12-15-8-4-2-5-9-15)24-14-17(22-23-24)13-21-19(25)16-10-6-3-7-11-16/h2-11,14,18H,12-13H2,1H3,(H,21,25)/t18-/m0/s1. The predicted molar refractivity (Wildman–Crippen MR) is 98.8 cm³/mol. The van der Waals surface area contributed by atoms with Gasteiger partial charge in [0, 0.05) is 12.0 Å². The molecule has 0 bridgehead atoms. The zero-order chi connectivity index (χ0) is 19.1. The minimum absolute atomic E-state index is 0.195. The van der Waals surface area contributed by atoms with E-state index < -0.39 is 12.0 Å². The van der Waals surface area contributed by atoms with Gasteiger partial charge in [-0.1, -0.05) is 53.7 Å². The summed E-state index contributed by atoms with van der Waals surface area (Å²) in [5, 5.41) is 10.9. The van der Waals surface area contributed by atoms with Crippen molar-refractivity contribution >= 4 is 11.9 Å². The molecule has 0 saturated heterocycles. The molecule has 3 aromatic rings. The van der Waals surface area contributed by atoms with Crippen LogP contribution in [0, 0.1) is 0 Å². The molecule has 7 heteroatoms. The number of hydrogen-bond donors (Lipinski definition) is 1. The summed E-state index contributed by atoms with van der Waals surface area (Å²) in [6.07, 6.45) is 2.09. The number of nitrogens with zero attached hydrogens (tertiary/aromatic N) is 3. The Kier molecular flexibility index (Phi) is 5.94. The van der Waals surface area contributed by atoms with Gasteiger partial charge in [0.05, 0.1) is 19.9 Å². The van der Waals surface area contributed by atoms with Crippen molar-refractivity contribution in [3.63, 3.8) is 0 Å². The third-order valence-corrected chi connectivity index (χ3v) is 4.09. The van der Waals surface area contributed by atoms with E-state index in [1.807, 2.05) is 36.4 Å². The Morgan fingerprint density at radius 3 is 2.41 bits per heavy atom. The maximum absolute atomic E-state index is 12.2. The zero-order valence-electron chi connectivity index (χ0n) is 14.9. The predicted octanol–water partition coefficient (Wildman–Crippen LogP) is 2.16. The van der Waals surface area contributed by atoms with Crippen LogP contribution in [0.1, 0.15) is 27.7 Å². The van der Waals surface area contributed by atoms with Gasteiger partial charge in [0.15, 0.2) is 6.04 Å².